The summed E-state index contributed by atoms with van der Waals surface area (Å²) in [6.45, 7) is 0. The van der Waals surface area contributed by atoms with Gasteiger partial charge in [0.2, 0.25) is 0 Å². The molecule has 1 aromatic rings. The number of fused-ring (bicyclic) bond motifs is 1. The van der Waals surface area contributed by atoms with E-state index in [1.54, 1.807) is 19.2 Å². The van der Waals surface area contributed by atoms with E-state index in [-0.39, 0.29) is 34.6 Å². The van der Waals surface area contributed by atoms with Crippen LogP contribution in [0.3, 0.4) is 0 Å². The first-order chi connectivity index (χ1) is 13.4. The van der Waals surface area contributed by atoms with Crippen LogP contribution in [-0.4, -0.2) is 49.4 Å². The van der Waals surface area contributed by atoms with E-state index in [1.807, 2.05) is 11.0 Å². The summed E-state index contributed by atoms with van der Waals surface area (Å²) in [6, 6.07) is 5.09. The summed E-state index contributed by atoms with van der Waals surface area (Å²) in [5.41, 5.74) is 0.734. The molecule has 1 saturated carbocycles. The summed E-state index contributed by atoms with van der Waals surface area (Å²) < 4.78 is 29.6. The lowest BCUT2D eigenvalue weighted by Gasteiger charge is -2.25. The van der Waals surface area contributed by atoms with Gasteiger partial charge in [-0.3, -0.25) is 4.79 Å². The zero-order valence-electron chi connectivity index (χ0n) is 15.6. The van der Waals surface area contributed by atoms with Crippen LogP contribution >= 0.6 is 23.4 Å². The van der Waals surface area contributed by atoms with Crippen molar-refractivity contribution >= 4 is 50.0 Å². The highest BCUT2D eigenvalue weighted by atomic mass is 35.5. The van der Waals surface area contributed by atoms with Crippen molar-refractivity contribution in [3.05, 3.63) is 23.2 Å². The molecule has 3 fully saturated rings. The number of aliphatic imine (C=N–C) groups is 1. The molecule has 0 spiro atoms. The average molecular weight is 443 g/mol. The van der Waals surface area contributed by atoms with Crippen LogP contribution in [-0.2, 0) is 14.6 Å². The molecule has 0 aromatic heterocycles. The molecule has 1 aliphatic carbocycles. The van der Waals surface area contributed by atoms with Gasteiger partial charge >= 0.3 is 0 Å². The second kappa shape index (κ2) is 7.88. The van der Waals surface area contributed by atoms with Crippen LogP contribution in [0.5, 0.6) is 5.75 Å². The van der Waals surface area contributed by atoms with Crippen LogP contribution in [0.15, 0.2) is 23.2 Å². The van der Waals surface area contributed by atoms with E-state index in [0.717, 1.165) is 31.4 Å². The van der Waals surface area contributed by atoms with Crippen LogP contribution in [0.4, 0.5) is 5.69 Å². The number of amides is 1. The van der Waals surface area contributed by atoms with E-state index in [1.165, 1.54) is 18.2 Å². The van der Waals surface area contributed by atoms with Gasteiger partial charge in [0.25, 0.3) is 5.91 Å². The number of sulfone groups is 1. The van der Waals surface area contributed by atoms with E-state index in [2.05, 4.69) is 4.99 Å². The highest BCUT2D eigenvalue weighted by Crippen LogP contribution is 2.42. The summed E-state index contributed by atoms with van der Waals surface area (Å²) in [4.78, 5) is 19.1. The molecule has 0 unspecified atom stereocenters. The van der Waals surface area contributed by atoms with Crippen LogP contribution < -0.4 is 9.64 Å². The molecule has 28 heavy (non-hydrogen) atoms. The lowest BCUT2D eigenvalue weighted by Crippen LogP contribution is -2.38. The number of nitrogens with zero attached hydrogens (tertiary/aromatic N) is 2. The third-order valence-electron chi connectivity index (χ3n) is 5.64. The molecular weight excluding hydrogens is 420 g/mol. The minimum absolute atomic E-state index is 0.0210. The van der Waals surface area contributed by atoms with E-state index in [9.17, 15) is 13.2 Å². The number of amidine groups is 1. The van der Waals surface area contributed by atoms with Crippen molar-refractivity contribution in [2.24, 2.45) is 10.9 Å². The number of anilines is 1. The fourth-order valence-electron chi connectivity index (χ4n) is 4.21. The molecule has 9 heteroatoms. The van der Waals surface area contributed by atoms with E-state index in [0.29, 0.717) is 15.9 Å². The van der Waals surface area contributed by atoms with Gasteiger partial charge in [0, 0.05) is 16.9 Å². The Morgan fingerprint density at radius 3 is 2.68 bits per heavy atom. The number of hydrogen-bond donors (Lipinski definition) is 0. The Morgan fingerprint density at radius 2 is 2.00 bits per heavy atom. The monoisotopic (exact) mass is 442 g/mol. The zero-order valence-corrected chi connectivity index (χ0v) is 18.0. The lowest BCUT2D eigenvalue weighted by molar-refractivity contribution is -0.122. The van der Waals surface area contributed by atoms with Crippen molar-refractivity contribution in [2.75, 3.05) is 23.5 Å². The maximum atomic E-state index is 12.8. The van der Waals surface area contributed by atoms with Crippen molar-refractivity contribution in [3.63, 3.8) is 0 Å². The Balaban J connectivity index is 1.68. The molecular formula is C19H23ClN2O4S2. The zero-order chi connectivity index (χ0) is 19.9. The molecule has 2 aliphatic heterocycles. The maximum absolute atomic E-state index is 12.8. The van der Waals surface area contributed by atoms with Gasteiger partial charge in [-0.15, -0.1) is 0 Å². The van der Waals surface area contributed by atoms with Gasteiger partial charge in [-0.1, -0.05) is 42.6 Å². The highest BCUT2D eigenvalue weighted by Gasteiger charge is 2.49. The molecule has 3 aliphatic rings. The number of carbonyl (C=O) groups excluding carboxylic acids is 1. The number of carbonyl (C=O) groups is 1. The van der Waals surface area contributed by atoms with Gasteiger partial charge in [-0.25, -0.2) is 8.42 Å². The van der Waals surface area contributed by atoms with Crippen LogP contribution in [0.25, 0.3) is 0 Å². The van der Waals surface area contributed by atoms with Crippen molar-refractivity contribution in [1.82, 2.24) is 0 Å². The first-order valence-electron chi connectivity index (χ1n) is 9.50. The predicted molar refractivity (Wildman–Crippen MR) is 113 cm³/mol. The third-order valence-corrected chi connectivity index (χ3v) is 9.15. The fraction of sp³-hybridized carbons (Fsp3) is 0.579. The van der Waals surface area contributed by atoms with Crippen LogP contribution in [0.1, 0.15) is 32.1 Å². The molecule has 0 N–H and O–H groups in total. The first kappa shape index (κ1) is 20.0. The maximum Gasteiger partial charge on any atom is 0.251 e. The van der Waals surface area contributed by atoms with Crippen molar-refractivity contribution in [3.8, 4) is 5.75 Å². The SMILES string of the molecule is COc1ccc(N2C(=NC(=O)C3CCCCC3)S[C@@H]3CS(=O)(=O)C[C@H]32)cc1Cl. The summed E-state index contributed by atoms with van der Waals surface area (Å²) >= 11 is 7.69. The molecule has 1 aromatic carbocycles. The fourth-order valence-corrected chi connectivity index (χ4v) is 8.38. The smallest absolute Gasteiger partial charge is 0.251 e. The molecule has 0 radical (unpaired) electrons. The molecule has 2 saturated heterocycles. The van der Waals surface area contributed by atoms with E-state index >= 15 is 0 Å². The predicted octanol–water partition coefficient (Wildman–Crippen LogP) is 3.53. The molecule has 1 amide bonds. The summed E-state index contributed by atoms with van der Waals surface area (Å²) in [6.07, 6.45) is 5.07. The number of rotatable bonds is 3. The first-order valence-corrected chi connectivity index (χ1v) is 12.6. The Morgan fingerprint density at radius 1 is 1.25 bits per heavy atom. The van der Waals surface area contributed by atoms with Gasteiger partial charge in [-0.2, -0.15) is 4.99 Å². The summed E-state index contributed by atoms with van der Waals surface area (Å²) in [5.74, 6) is 0.608. The Kier molecular flexibility index (Phi) is 5.64. The van der Waals surface area contributed by atoms with Gasteiger partial charge in [0.1, 0.15) is 5.75 Å². The Hall–Kier alpha value is -1.25. The van der Waals surface area contributed by atoms with Crippen LogP contribution in [0.2, 0.25) is 5.02 Å². The number of methoxy groups -OCH3 is 1. The minimum Gasteiger partial charge on any atom is -0.495 e. The molecule has 2 heterocycles. The highest BCUT2D eigenvalue weighted by molar-refractivity contribution is 8.16. The third kappa shape index (κ3) is 3.91. The number of hydrogen-bond acceptors (Lipinski definition) is 5. The number of thioether (sulfide) groups is 1. The van der Waals surface area contributed by atoms with Gasteiger partial charge in [-0.05, 0) is 31.0 Å². The number of halogens is 1. The molecule has 6 nitrogen and oxygen atoms in total. The molecule has 2 atom stereocenters. The van der Waals surface area contributed by atoms with E-state index < -0.39 is 9.84 Å². The Labute approximate surface area is 174 Å². The number of ether oxygens (including phenoxy) is 1. The second-order valence-corrected chi connectivity index (χ2v) is 11.3. The quantitative estimate of drug-likeness (QED) is 0.712. The minimum atomic E-state index is -3.10. The van der Waals surface area contributed by atoms with Crippen molar-refractivity contribution in [1.29, 1.82) is 0 Å². The normalized spacial score (nSPS) is 28.5. The topological polar surface area (TPSA) is 76.0 Å². The average Bonchev–Trinajstić information content (AvgIpc) is 3.13. The molecule has 0 bridgehead atoms. The second-order valence-electron chi connectivity index (χ2n) is 7.56. The van der Waals surface area contributed by atoms with Crippen molar-refractivity contribution in [2.45, 2.75) is 43.4 Å². The summed E-state index contributed by atoms with van der Waals surface area (Å²) in [7, 11) is -1.56. The van der Waals surface area contributed by atoms with Gasteiger partial charge in [0.05, 0.1) is 29.7 Å². The Bertz CT molecular complexity index is 913. The standard InChI is InChI=1S/C19H23ClN2O4S2/c1-26-16-8-7-13(9-14(16)20)22-15-10-28(24,25)11-17(15)27-19(22)21-18(23)12-5-3-2-4-6-12/h7-9,12,15,17H,2-6,10-11H2,1H3/t15-,17-/m1/s1. The van der Waals surface area contributed by atoms with E-state index in [4.69, 9.17) is 16.3 Å². The number of benzene rings is 1. The van der Waals surface area contributed by atoms with Gasteiger partial charge in [0.15, 0.2) is 15.0 Å². The largest absolute Gasteiger partial charge is 0.495 e. The lowest BCUT2D eigenvalue weighted by atomic mass is 9.89. The molecule has 4 rings (SSSR count). The molecule has 152 valence electrons. The summed E-state index contributed by atoms with van der Waals surface area (Å²) in [5, 5.41) is 0.901. The van der Waals surface area contributed by atoms with Crippen LogP contribution in [0, 0.1) is 5.92 Å². The van der Waals surface area contributed by atoms with Gasteiger partial charge < -0.3 is 9.64 Å². The van der Waals surface area contributed by atoms with Crippen molar-refractivity contribution < 1.29 is 17.9 Å².